The number of hydrogen-bond donors (Lipinski definition) is 1. The third-order valence-electron chi connectivity index (χ3n) is 3.86. The fraction of sp³-hybridized carbons (Fsp3) is 0.625. The van der Waals surface area contributed by atoms with E-state index >= 15 is 0 Å². The maximum absolute atomic E-state index is 3.54. The summed E-state index contributed by atoms with van der Waals surface area (Å²) in [5.41, 5.74) is 4.49. The van der Waals surface area contributed by atoms with Crippen LogP contribution in [0.5, 0.6) is 0 Å². The number of anilines is 1. The molecule has 0 saturated carbocycles. The maximum atomic E-state index is 3.54. The lowest BCUT2D eigenvalue weighted by Crippen LogP contribution is -2.44. The summed E-state index contributed by atoms with van der Waals surface area (Å²) in [6.45, 7) is 13.6. The van der Waals surface area contributed by atoms with Gasteiger partial charge in [-0.1, -0.05) is 19.9 Å². The molecule has 0 bridgehead atoms. The molecule has 0 unspecified atom stereocenters. The lowest BCUT2D eigenvalue weighted by atomic mass is 9.91. The molecular formula is C16H26N2. The zero-order valence-corrected chi connectivity index (χ0v) is 12.2. The van der Waals surface area contributed by atoms with Gasteiger partial charge in [-0.05, 0) is 55.5 Å². The van der Waals surface area contributed by atoms with Crippen molar-refractivity contribution in [1.29, 1.82) is 0 Å². The summed E-state index contributed by atoms with van der Waals surface area (Å²) in [4.78, 5) is 2.55. The Hall–Kier alpha value is -1.02. The fourth-order valence-electron chi connectivity index (χ4n) is 2.62. The van der Waals surface area contributed by atoms with Crippen molar-refractivity contribution in [2.75, 3.05) is 31.1 Å². The smallest absolute Gasteiger partial charge is 0.0369 e. The van der Waals surface area contributed by atoms with Gasteiger partial charge < -0.3 is 10.2 Å². The first-order valence-corrected chi connectivity index (χ1v) is 7.01. The van der Waals surface area contributed by atoms with E-state index in [1.54, 1.807) is 0 Å². The molecule has 0 atom stereocenters. The Morgan fingerprint density at radius 3 is 2.67 bits per heavy atom. The third kappa shape index (κ3) is 3.26. The van der Waals surface area contributed by atoms with Gasteiger partial charge >= 0.3 is 0 Å². The number of aryl methyl sites for hydroxylation is 2. The normalized spacial score (nSPS) is 20.3. The van der Waals surface area contributed by atoms with Crippen LogP contribution in [0, 0.1) is 19.3 Å². The second-order valence-corrected chi connectivity index (χ2v) is 6.38. The van der Waals surface area contributed by atoms with Crippen LogP contribution in [0.25, 0.3) is 0 Å². The highest BCUT2D eigenvalue weighted by atomic mass is 15.1. The molecule has 18 heavy (non-hydrogen) atoms. The molecule has 2 rings (SSSR count). The Morgan fingerprint density at radius 1 is 1.17 bits per heavy atom. The van der Waals surface area contributed by atoms with E-state index in [0.29, 0.717) is 5.41 Å². The van der Waals surface area contributed by atoms with Gasteiger partial charge in [-0.2, -0.15) is 0 Å². The van der Waals surface area contributed by atoms with Gasteiger partial charge in [-0.25, -0.2) is 0 Å². The molecule has 0 spiro atoms. The van der Waals surface area contributed by atoms with Crippen LogP contribution in [-0.4, -0.2) is 26.2 Å². The van der Waals surface area contributed by atoms with Crippen LogP contribution in [-0.2, 0) is 0 Å². The summed E-state index contributed by atoms with van der Waals surface area (Å²) < 4.78 is 0. The molecule has 1 aliphatic rings. The van der Waals surface area contributed by atoms with Crippen molar-refractivity contribution in [3.05, 3.63) is 29.3 Å². The monoisotopic (exact) mass is 246 g/mol. The van der Waals surface area contributed by atoms with Gasteiger partial charge in [-0.3, -0.25) is 0 Å². The quantitative estimate of drug-likeness (QED) is 0.819. The number of hydrogen-bond acceptors (Lipinski definition) is 2. The minimum absolute atomic E-state index is 0.333. The molecular weight excluding hydrogens is 220 g/mol. The van der Waals surface area contributed by atoms with Crippen molar-refractivity contribution >= 4 is 5.69 Å². The van der Waals surface area contributed by atoms with E-state index in [1.165, 1.54) is 23.2 Å². The van der Waals surface area contributed by atoms with Crippen molar-refractivity contribution in [3.8, 4) is 0 Å². The Morgan fingerprint density at radius 2 is 1.94 bits per heavy atom. The van der Waals surface area contributed by atoms with Gasteiger partial charge in [-0.15, -0.1) is 0 Å². The molecule has 1 aliphatic heterocycles. The predicted molar refractivity (Wildman–Crippen MR) is 79.4 cm³/mol. The van der Waals surface area contributed by atoms with Crippen LogP contribution >= 0.6 is 0 Å². The van der Waals surface area contributed by atoms with Crippen LogP contribution in [0.4, 0.5) is 5.69 Å². The van der Waals surface area contributed by atoms with E-state index in [-0.39, 0.29) is 0 Å². The minimum atomic E-state index is 0.333. The van der Waals surface area contributed by atoms with Crippen LogP contribution < -0.4 is 10.2 Å². The summed E-state index contributed by atoms with van der Waals surface area (Å²) in [7, 11) is 0. The molecule has 1 aromatic rings. The minimum Gasteiger partial charge on any atom is -0.371 e. The summed E-state index contributed by atoms with van der Waals surface area (Å²) in [5.74, 6) is 0. The van der Waals surface area contributed by atoms with Crippen molar-refractivity contribution in [2.24, 2.45) is 5.41 Å². The Balaban J connectivity index is 2.20. The molecule has 2 heteroatoms. The Bertz CT molecular complexity index is 410. The molecule has 1 aromatic carbocycles. The van der Waals surface area contributed by atoms with E-state index in [9.17, 15) is 0 Å². The Kier molecular flexibility index (Phi) is 3.96. The van der Waals surface area contributed by atoms with Gasteiger partial charge in [0.05, 0.1) is 0 Å². The van der Waals surface area contributed by atoms with Gasteiger partial charge in [0.25, 0.3) is 0 Å². The largest absolute Gasteiger partial charge is 0.371 e. The van der Waals surface area contributed by atoms with Crippen molar-refractivity contribution in [1.82, 2.24) is 5.32 Å². The van der Waals surface area contributed by atoms with Gasteiger partial charge in [0, 0.05) is 25.3 Å². The van der Waals surface area contributed by atoms with Gasteiger partial charge in [0.15, 0.2) is 0 Å². The summed E-state index contributed by atoms with van der Waals surface area (Å²) in [6.07, 6.45) is 1.23. The predicted octanol–water partition coefficient (Wildman–Crippen LogP) is 3.13. The van der Waals surface area contributed by atoms with E-state index in [4.69, 9.17) is 0 Å². The van der Waals surface area contributed by atoms with E-state index in [0.717, 1.165) is 26.2 Å². The molecule has 0 aromatic heterocycles. The van der Waals surface area contributed by atoms with Crippen LogP contribution in [0.15, 0.2) is 18.2 Å². The Labute approximate surface area is 111 Å². The molecule has 0 radical (unpaired) electrons. The number of benzene rings is 1. The van der Waals surface area contributed by atoms with Crippen LogP contribution in [0.1, 0.15) is 31.4 Å². The topological polar surface area (TPSA) is 15.3 Å². The number of nitrogens with zero attached hydrogens (tertiary/aromatic N) is 1. The summed E-state index contributed by atoms with van der Waals surface area (Å²) >= 11 is 0. The zero-order chi connectivity index (χ0) is 13.2. The van der Waals surface area contributed by atoms with E-state index < -0.39 is 0 Å². The highest BCUT2D eigenvalue weighted by Gasteiger charge is 2.23. The average Bonchev–Trinajstić information content (AvgIpc) is 2.28. The van der Waals surface area contributed by atoms with Crippen LogP contribution in [0.2, 0.25) is 0 Å². The molecule has 1 saturated heterocycles. The fourth-order valence-corrected chi connectivity index (χ4v) is 2.62. The summed E-state index contributed by atoms with van der Waals surface area (Å²) in [6, 6.07) is 6.85. The lowest BCUT2D eigenvalue weighted by molar-refractivity contribution is 0.325. The van der Waals surface area contributed by atoms with E-state index in [2.05, 4.69) is 56.1 Å². The highest BCUT2D eigenvalue weighted by molar-refractivity contribution is 5.50. The van der Waals surface area contributed by atoms with Gasteiger partial charge in [0.2, 0.25) is 0 Å². The van der Waals surface area contributed by atoms with Crippen molar-refractivity contribution in [2.45, 2.75) is 34.1 Å². The molecule has 1 fully saturated rings. The molecule has 2 nitrogen and oxygen atoms in total. The maximum Gasteiger partial charge on any atom is 0.0369 e. The SMILES string of the molecule is Cc1ccc(N2CCCNCC(C)(C)C2)cc1C. The first kappa shape index (κ1) is 13.4. The lowest BCUT2D eigenvalue weighted by Gasteiger charge is -2.37. The second-order valence-electron chi connectivity index (χ2n) is 6.38. The third-order valence-corrected chi connectivity index (χ3v) is 3.86. The number of nitrogens with one attached hydrogen (secondary N) is 1. The molecule has 0 aliphatic carbocycles. The standard InChI is InChI=1S/C16H26N2/c1-13-6-7-15(10-14(13)2)18-9-5-8-17-11-16(3,4)12-18/h6-7,10,17H,5,8-9,11-12H2,1-4H3. The molecule has 1 heterocycles. The highest BCUT2D eigenvalue weighted by Crippen LogP contribution is 2.25. The second kappa shape index (κ2) is 5.31. The summed E-state index contributed by atoms with van der Waals surface area (Å²) in [5, 5.41) is 3.54. The number of rotatable bonds is 1. The molecule has 0 amide bonds. The zero-order valence-electron chi connectivity index (χ0n) is 12.2. The van der Waals surface area contributed by atoms with Gasteiger partial charge in [0.1, 0.15) is 0 Å². The first-order valence-electron chi connectivity index (χ1n) is 7.01. The van der Waals surface area contributed by atoms with Crippen LogP contribution in [0.3, 0.4) is 0 Å². The van der Waals surface area contributed by atoms with Crippen molar-refractivity contribution < 1.29 is 0 Å². The molecule has 100 valence electrons. The first-order chi connectivity index (χ1) is 8.48. The van der Waals surface area contributed by atoms with Crippen molar-refractivity contribution in [3.63, 3.8) is 0 Å². The molecule has 1 N–H and O–H groups in total. The van der Waals surface area contributed by atoms with E-state index in [1.807, 2.05) is 0 Å². The average molecular weight is 246 g/mol.